The average Bonchev–Trinajstić information content (AvgIpc) is 2.63. The normalized spacial score (nSPS) is 16.4. The van der Waals surface area contributed by atoms with E-state index in [2.05, 4.69) is 26.1 Å². The van der Waals surface area contributed by atoms with Gasteiger partial charge in [0.15, 0.2) is 0 Å². The number of carbonyl (C=O) groups is 2. The first kappa shape index (κ1) is 18.3. The third kappa shape index (κ3) is 5.54. The molecule has 1 fully saturated rings. The first-order chi connectivity index (χ1) is 11.7. The number of hydrogen-bond acceptors (Lipinski definition) is 6. The van der Waals surface area contributed by atoms with E-state index in [9.17, 15) is 9.59 Å². The number of nitrogens with one attached hydrogen (secondary N) is 3. The number of amides is 2. The largest absolute Gasteiger partial charge is 0.383 e. The summed E-state index contributed by atoms with van der Waals surface area (Å²) in [5.74, 6) is -0.338. The molecular weight excluding hydrogens is 310 g/mol. The molecule has 1 atom stereocenters. The van der Waals surface area contributed by atoms with Gasteiger partial charge in [0.2, 0.25) is 5.91 Å². The van der Waals surface area contributed by atoms with E-state index in [1.165, 1.54) is 25.0 Å². The number of rotatable bonds is 8. The van der Waals surface area contributed by atoms with E-state index in [0.717, 1.165) is 25.7 Å². The molecule has 3 N–H and O–H groups in total. The van der Waals surface area contributed by atoms with Crippen LogP contribution < -0.4 is 16.2 Å². The highest BCUT2D eigenvalue weighted by atomic mass is 16.5. The van der Waals surface area contributed by atoms with Crippen LogP contribution in [-0.2, 0) is 9.53 Å². The summed E-state index contributed by atoms with van der Waals surface area (Å²) in [6.45, 7) is 0.896. The zero-order chi connectivity index (χ0) is 17.2. The highest BCUT2D eigenvalue weighted by Gasteiger charge is 2.29. The Morgan fingerprint density at radius 3 is 2.75 bits per heavy atom. The Kier molecular flexibility index (Phi) is 7.57. The number of carbonyl (C=O) groups excluding carboxylic acids is 2. The Hall–Kier alpha value is -2.06. The number of hydrogen-bond donors (Lipinski definition) is 3. The van der Waals surface area contributed by atoms with E-state index in [-0.39, 0.29) is 17.5 Å². The second-order valence-electron chi connectivity index (χ2n) is 5.85. The van der Waals surface area contributed by atoms with Gasteiger partial charge in [0.05, 0.1) is 12.8 Å². The van der Waals surface area contributed by atoms with Crippen molar-refractivity contribution in [3.63, 3.8) is 0 Å². The SMILES string of the molecule is COCCNC(=O)[C@@H](NNC(=O)c1cnccn1)C1CCCCC1. The van der Waals surface area contributed by atoms with Crippen LogP contribution in [0, 0.1) is 5.92 Å². The van der Waals surface area contributed by atoms with Crippen LogP contribution in [0.25, 0.3) is 0 Å². The van der Waals surface area contributed by atoms with Crippen LogP contribution in [-0.4, -0.2) is 48.1 Å². The summed E-state index contributed by atoms with van der Waals surface area (Å²) in [7, 11) is 1.59. The lowest BCUT2D eigenvalue weighted by atomic mass is 9.84. The Balaban J connectivity index is 1.94. The zero-order valence-corrected chi connectivity index (χ0v) is 14.0. The predicted molar refractivity (Wildman–Crippen MR) is 87.9 cm³/mol. The second kappa shape index (κ2) is 9.94. The van der Waals surface area contributed by atoms with Crippen LogP contribution in [0.5, 0.6) is 0 Å². The first-order valence-corrected chi connectivity index (χ1v) is 8.31. The van der Waals surface area contributed by atoms with Crippen molar-refractivity contribution in [2.75, 3.05) is 20.3 Å². The highest BCUT2D eigenvalue weighted by molar-refractivity contribution is 5.92. The van der Waals surface area contributed by atoms with Crippen LogP contribution in [0.3, 0.4) is 0 Å². The van der Waals surface area contributed by atoms with Gasteiger partial charge in [0, 0.05) is 26.0 Å². The number of hydrazine groups is 1. The fraction of sp³-hybridized carbons (Fsp3) is 0.625. The molecule has 0 bridgehead atoms. The molecule has 0 saturated heterocycles. The van der Waals surface area contributed by atoms with Crippen LogP contribution in [0.1, 0.15) is 42.6 Å². The smallest absolute Gasteiger partial charge is 0.285 e. The lowest BCUT2D eigenvalue weighted by Gasteiger charge is -2.30. The summed E-state index contributed by atoms with van der Waals surface area (Å²) in [4.78, 5) is 32.4. The van der Waals surface area contributed by atoms with E-state index in [1.807, 2.05) is 0 Å². The van der Waals surface area contributed by atoms with Gasteiger partial charge in [-0.15, -0.1) is 0 Å². The van der Waals surface area contributed by atoms with Crippen LogP contribution >= 0.6 is 0 Å². The minimum absolute atomic E-state index is 0.126. The van der Waals surface area contributed by atoms with Crippen molar-refractivity contribution in [1.82, 2.24) is 26.1 Å². The molecule has 0 aliphatic heterocycles. The molecule has 0 spiro atoms. The minimum atomic E-state index is -0.470. The summed E-state index contributed by atoms with van der Waals surface area (Å²) in [6.07, 6.45) is 9.67. The summed E-state index contributed by atoms with van der Waals surface area (Å²) < 4.78 is 4.95. The highest BCUT2D eigenvalue weighted by Crippen LogP contribution is 2.26. The van der Waals surface area contributed by atoms with Crippen molar-refractivity contribution < 1.29 is 14.3 Å². The van der Waals surface area contributed by atoms with Crippen molar-refractivity contribution in [1.29, 1.82) is 0 Å². The fourth-order valence-electron chi connectivity index (χ4n) is 2.87. The van der Waals surface area contributed by atoms with Gasteiger partial charge in [-0.05, 0) is 18.8 Å². The van der Waals surface area contributed by atoms with Gasteiger partial charge in [-0.2, -0.15) is 0 Å². The zero-order valence-electron chi connectivity index (χ0n) is 14.0. The van der Waals surface area contributed by atoms with Crippen LogP contribution in [0.4, 0.5) is 0 Å². The molecule has 0 unspecified atom stereocenters. The van der Waals surface area contributed by atoms with Crippen molar-refractivity contribution in [3.8, 4) is 0 Å². The molecule has 1 aliphatic carbocycles. The molecular formula is C16H25N5O3. The van der Waals surface area contributed by atoms with Gasteiger partial charge in [-0.3, -0.25) is 20.0 Å². The molecule has 0 aromatic carbocycles. The number of ether oxygens (including phenoxy) is 1. The third-order valence-electron chi connectivity index (χ3n) is 4.15. The van der Waals surface area contributed by atoms with E-state index < -0.39 is 11.9 Å². The molecule has 1 aliphatic rings. The summed E-state index contributed by atoms with van der Waals surface area (Å²) in [5.41, 5.74) is 5.68. The Morgan fingerprint density at radius 1 is 1.29 bits per heavy atom. The fourth-order valence-corrected chi connectivity index (χ4v) is 2.87. The van der Waals surface area contributed by atoms with Crippen LogP contribution in [0.15, 0.2) is 18.6 Å². The van der Waals surface area contributed by atoms with Gasteiger partial charge in [-0.1, -0.05) is 19.3 Å². The maximum absolute atomic E-state index is 12.5. The molecule has 1 saturated carbocycles. The molecule has 1 heterocycles. The minimum Gasteiger partial charge on any atom is -0.383 e. The monoisotopic (exact) mass is 335 g/mol. The second-order valence-corrected chi connectivity index (χ2v) is 5.85. The summed E-state index contributed by atoms with van der Waals surface area (Å²) >= 11 is 0. The van der Waals surface area contributed by atoms with Gasteiger partial charge < -0.3 is 10.1 Å². The van der Waals surface area contributed by atoms with Gasteiger partial charge in [-0.25, -0.2) is 10.4 Å². The lowest BCUT2D eigenvalue weighted by molar-refractivity contribution is -0.125. The van der Waals surface area contributed by atoms with Gasteiger partial charge in [0.1, 0.15) is 11.7 Å². The van der Waals surface area contributed by atoms with E-state index in [4.69, 9.17) is 4.74 Å². The third-order valence-corrected chi connectivity index (χ3v) is 4.15. The molecule has 0 radical (unpaired) electrons. The predicted octanol–water partition coefficient (Wildman–Crippen LogP) is 0.423. The average molecular weight is 335 g/mol. The maximum atomic E-state index is 12.5. The number of methoxy groups -OCH3 is 1. The van der Waals surface area contributed by atoms with Crippen molar-refractivity contribution in [3.05, 3.63) is 24.3 Å². The molecule has 24 heavy (non-hydrogen) atoms. The Bertz CT molecular complexity index is 520. The Morgan fingerprint density at radius 2 is 2.08 bits per heavy atom. The molecule has 1 aromatic rings. The standard InChI is InChI=1S/C16H25N5O3/c1-24-10-9-19-16(23)14(12-5-3-2-4-6-12)20-21-15(22)13-11-17-7-8-18-13/h7-8,11-12,14,20H,2-6,9-10H2,1H3,(H,19,23)(H,21,22)/t14-/m0/s1. The number of aromatic nitrogens is 2. The van der Waals surface area contributed by atoms with Crippen molar-refractivity contribution in [2.45, 2.75) is 38.1 Å². The Labute approximate surface area is 141 Å². The maximum Gasteiger partial charge on any atom is 0.285 e. The summed E-state index contributed by atoms with van der Waals surface area (Å²) in [6, 6.07) is -0.470. The van der Waals surface area contributed by atoms with Crippen molar-refractivity contribution in [2.24, 2.45) is 5.92 Å². The number of nitrogens with zero attached hydrogens (tertiary/aromatic N) is 2. The molecule has 8 nitrogen and oxygen atoms in total. The summed E-state index contributed by atoms with van der Waals surface area (Å²) in [5, 5.41) is 2.84. The molecule has 8 heteroatoms. The van der Waals surface area contributed by atoms with Crippen molar-refractivity contribution >= 4 is 11.8 Å². The van der Waals surface area contributed by atoms with Crippen LogP contribution in [0.2, 0.25) is 0 Å². The topological polar surface area (TPSA) is 105 Å². The molecule has 132 valence electrons. The van der Waals surface area contributed by atoms with Gasteiger partial charge >= 0.3 is 0 Å². The quantitative estimate of drug-likeness (QED) is 0.470. The van der Waals surface area contributed by atoms with Gasteiger partial charge in [0.25, 0.3) is 5.91 Å². The van der Waals surface area contributed by atoms with E-state index >= 15 is 0 Å². The lowest BCUT2D eigenvalue weighted by Crippen LogP contribution is -2.55. The first-order valence-electron chi connectivity index (χ1n) is 8.31. The van der Waals surface area contributed by atoms with E-state index in [0.29, 0.717) is 13.2 Å². The van der Waals surface area contributed by atoms with E-state index in [1.54, 1.807) is 7.11 Å². The molecule has 1 aromatic heterocycles. The molecule has 2 rings (SSSR count). The molecule has 2 amide bonds.